The Kier molecular flexibility index (Phi) is 11.7. The molecule has 0 unspecified atom stereocenters. The summed E-state index contributed by atoms with van der Waals surface area (Å²) in [4.78, 5) is 34.6. The van der Waals surface area contributed by atoms with Crippen molar-refractivity contribution in [3.05, 3.63) is 0 Å². The summed E-state index contributed by atoms with van der Waals surface area (Å²) in [6.45, 7) is 4.01. The van der Waals surface area contributed by atoms with E-state index in [1.807, 2.05) is 0 Å². The van der Waals surface area contributed by atoms with Gasteiger partial charge in [0.15, 0.2) is 0 Å². The zero-order valence-corrected chi connectivity index (χ0v) is 13.0. The maximum Gasteiger partial charge on any atom is 0.410 e. The van der Waals surface area contributed by atoms with Crippen LogP contribution in [0.15, 0.2) is 0 Å². The van der Waals surface area contributed by atoms with Crippen LogP contribution in [0.4, 0.5) is 4.79 Å². The number of nitrogens with zero attached hydrogens (tertiary/aromatic N) is 1. The third kappa shape index (κ3) is 11.9. The van der Waals surface area contributed by atoms with Crippen molar-refractivity contribution in [3.8, 4) is 0 Å². The second kappa shape index (κ2) is 12.8. The second-order valence-electron chi connectivity index (χ2n) is 4.18. The van der Waals surface area contributed by atoms with Gasteiger partial charge in [0, 0.05) is 20.4 Å². The maximum absolute atomic E-state index is 11.9. The Bertz CT molecular complexity index is 329. The minimum absolute atomic E-state index is 0.0359. The third-order valence-corrected chi connectivity index (χ3v) is 2.31. The lowest BCUT2D eigenvalue weighted by Crippen LogP contribution is -2.38. The first-order valence-electron chi connectivity index (χ1n) is 6.93. The Morgan fingerprint density at radius 2 is 1.36 bits per heavy atom. The summed E-state index contributed by atoms with van der Waals surface area (Å²) >= 11 is 0. The average molecular weight is 320 g/mol. The standard InChI is InChI=1S/C13H24N2O7/c1-11(16)20-7-4-15(5-8-21-12(2)17)13(18)22-10-9-19-6-3-14/h3-10,14H2,1-2H3. The summed E-state index contributed by atoms with van der Waals surface area (Å²) in [6.07, 6.45) is -0.601. The fraction of sp³-hybridized carbons (Fsp3) is 0.769. The monoisotopic (exact) mass is 320 g/mol. The molecule has 0 radical (unpaired) electrons. The molecule has 0 aromatic heterocycles. The molecule has 22 heavy (non-hydrogen) atoms. The normalized spacial score (nSPS) is 9.95. The van der Waals surface area contributed by atoms with E-state index in [0.29, 0.717) is 13.2 Å². The summed E-state index contributed by atoms with van der Waals surface area (Å²) in [6, 6.07) is 0. The topological polar surface area (TPSA) is 117 Å². The lowest BCUT2D eigenvalue weighted by atomic mass is 10.5. The average Bonchev–Trinajstić information content (AvgIpc) is 2.44. The van der Waals surface area contributed by atoms with Crippen molar-refractivity contribution in [1.82, 2.24) is 4.90 Å². The van der Waals surface area contributed by atoms with Crippen molar-refractivity contribution in [2.75, 3.05) is 52.7 Å². The molecule has 2 N–H and O–H groups in total. The first kappa shape index (κ1) is 20.1. The fourth-order valence-corrected chi connectivity index (χ4v) is 1.36. The predicted molar refractivity (Wildman–Crippen MR) is 76.1 cm³/mol. The van der Waals surface area contributed by atoms with Crippen molar-refractivity contribution in [1.29, 1.82) is 0 Å². The van der Waals surface area contributed by atoms with Crippen LogP contribution in [0.3, 0.4) is 0 Å². The van der Waals surface area contributed by atoms with E-state index in [4.69, 9.17) is 24.7 Å². The van der Waals surface area contributed by atoms with Crippen LogP contribution in [0.2, 0.25) is 0 Å². The molecule has 0 spiro atoms. The van der Waals surface area contributed by atoms with Crippen LogP contribution >= 0.6 is 0 Å². The minimum atomic E-state index is -0.601. The van der Waals surface area contributed by atoms with Crippen molar-refractivity contribution in [2.45, 2.75) is 13.8 Å². The van der Waals surface area contributed by atoms with Gasteiger partial charge in [0.25, 0.3) is 0 Å². The molecule has 0 aromatic rings. The van der Waals surface area contributed by atoms with E-state index in [1.165, 1.54) is 18.7 Å². The molecule has 0 fully saturated rings. The molecule has 0 saturated carbocycles. The largest absolute Gasteiger partial charge is 0.464 e. The molecule has 0 saturated heterocycles. The lowest BCUT2D eigenvalue weighted by Gasteiger charge is -2.21. The van der Waals surface area contributed by atoms with E-state index in [0.717, 1.165) is 0 Å². The fourth-order valence-electron chi connectivity index (χ4n) is 1.36. The summed E-state index contributed by atoms with van der Waals surface area (Å²) in [5, 5.41) is 0. The first-order chi connectivity index (χ1) is 10.5. The van der Waals surface area contributed by atoms with Crippen LogP contribution < -0.4 is 5.73 Å². The van der Waals surface area contributed by atoms with E-state index < -0.39 is 18.0 Å². The number of rotatable bonds is 11. The SMILES string of the molecule is CC(=O)OCCN(CCOC(C)=O)C(=O)OCCOCCN. The highest BCUT2D eigenvalue weighted by molar-refractivity contribution is 5.68. The summed E-state index contributed by atoms with van der Waals surface area (Å²) in [5.74, 6) is -0.882. The van der Waals surface area contributed by atoms with Gasteiger partial charge in [0.2, 0.25) is 0 Å². The molecule has 0 atom stereocenters. The molecule has 0 aliphatic rings. The third-order valence-electron chi connectivity index (χ3n) is 2.31. The van der Waals surface area contributed by atoms with Crippen molar-refractivity contribution < 1.29 is 33.3 Å². The van der Waals surface area contributed by atoms with Gasteiger partial charge in [0.1, 0.15) is 19.8 Å². The Balaban J connectivity index is 4.13. The number of ether oxygens (including phenoxy) is 4. The van der Waals surface area contributed by atoms with Gasteiger partial charge in [-0.1, -0.05) is 0 Å². The first-order valence-corrected chi connectivity index (χ1v) is 6.93. The Morgan fingerprint density at radius 1 is 0.818 bits per heavy atom. The van der Waals surface area contributed by atoms with Crippen LogP contribution in [-0.4, -0.2) is 75.6 Å². The van der Waals surface area contributed by atoms with Gasteiger partial charge in [-0.05, 0) is 0 Å². The molecule has 9 heteroatoms. The number of hydrogen-bond donors (Lipinski definition) is 1. The molecule has 0 aromatic carbocycles. The maximum atomic E-state index is 11.9. The van der Waals surface area contributed by atoms with E-state index in [9.17, 15) is 14.4 Å². The van der Waals surface area contributed by atoms with Crippen molar-refractivity contribution in [2.24, 2.45) is 5.73 Å². The molecular weight excluding hydrogens is 296 g/mol. The second-order valence-corrected chi connectivity index (χ2v) is 4.18. The van der Waals surface area contributed by atoms with E-state index >= 15 is 0 Å². The van der Waals surface area contributed by atoms with E-state index in [2.05, 4.69) is 0 Å². The smallest absolute Gasteiger partial charge is 0.410 e. The number of carbonyl (C=O) groups excluding carboxylic acids is 3. The summed E-state index contributed by atoms with van der Waals surface area (Å²) in [7, 11) is 0. The minimum Gasteiger partial charge on any atom is -0.464 e. The van der Waals surface area contributed by atoms with Gasteiger partial charge >= 0.3 is 18.0 Å². The molecule has 1 amide bonds. The van der Waals surface area contributed by atoms with Crippen LogP contribution in [0.1, 0.15) is 13.8 Å². The molecular formula is C13H24N2O7. The highest BCUT2D eigenvalue weighted by Gasteiger charge is 2.15. The highest BCUT2D eigenvalue weighted by atomic mass is 16.6. The molecule has 0 heterocycles. The van der Waals surface area contributed by atoms with Gasteiger partial charge in [0.05, 0.1) is 26.3 Å². The molecule has 0 aliphatic heterocycles. The van der Waals surface area contributed by atoms with Gasteiger partial charge in [-0.3, -0.25) is 9.59 Å². The predicted octanol–water partition coefficient (Wildman–Crippen LogP) is -0.473. The Labute approximate surface area is 129 Å². The van der Waals surface area contributed by atoms with Gasteiger partial charge in [-0.15, -0.1) is 0 Å². The summed E-state index contributed by atoms with van der Waals surface area (Å²) < 4.78 is 19.6. The zero-order chi connectivity index (χ0) is 16.8. The van der Waals surface area contributed by atoms with Crippen molar-refractivity contribution in [3.63, 3.8) is 0 Å². The molecule has 0 aliphatic carbocycles. The van der Waals surface area contributed by atoms with Gasteiger partial charge in [-0.25, -0.2) is 4.79 Å². The summed E-state index contributed by atoms with van der Waals surface area (Å²) in [5.41, 5.74) is 5.25. The highest BCUT2D eigenvalue weighted by Crippen LogP contribution is 1.96. The number of hydrogen-bond acceptors (Lipinski definition) is 8. The Morgan fingerprint density at radius 3 is 1.82 bits per heavy atom. The molecule has 128 valence electrons. The lowest BCUT2D eigenvalue weighted by molar-refractivity contribution is -0.141. The van der Waals surface area contributed by atoms with Gasteiger partial charge < -0.3 is 29.6 Å². The van der Waals surface area contributed by atoms with E-state index in [-0.39, 0.29) is 39.5 Å². The Hall–Kier alpha value is -1.87. The zero-order valence-electron chi connectivity index (χ0n) is 13.0. The number of esters is 2. The van der Waals surface area contributed by atoms with Crippen LogP contribution in [0.5, 0.6) is 0 Å². The van der Waals surface area contributed by atoms with Crippen LogP contribution in [0, 0.1) is 0 Å². The number of nitrogens with two attached hydrogens (primary N) is 1. The molecule has 9 nitrogen and oxygen atoms in total. The van der Waals surface area contributed by atoms with Crippen molar-refractivity contribution >= 4 is 18.0 Å². The molecule has 0 bridgehead atoms. The number of carbonyl (C=O) groups is 3. The quantitative estimate of drug-likeness (QED) is 0.308. The van der Waals surface area contributed by atoms with E-state index in [1.54, 1.807) is 0 Å². The number of amides is 1. The van der Waals surface area contributed by atoms with Crippen LogP contribution in [-0.2, 0) is 28.5 Å². The van der Waals surface area contributed by atoms with Crippen LogP contribution in [0.25, 0.3) is 0 Å². The molecule has 0 rings (SSSR count). The van der Waals surface area contributed by atoms with Gasteiger partial charge in [-0.2, -0.15) is 0 Å².